The number of para-hydroxylation sites is 5. The lowest BCUT2D eigenvalue weighted by molar-refractivity contribution is 0.838. The average molecular weight is 794 g/mol. The normalized spacial score (nSPS) is 12.6. The third kappa shape index (κ3) is 6.62. The second kappa shape index (κ2) is 15.5. The van der Waals surface area contributed by atoms with Crippen molar-refractivity contribution in [2.24, 2.45) is 0 Å². The number of hydrogen-bond acceptors (Lipinski definition) is 4. The largest absolute Gasteiger partial charge is 0.321 e. The van der Waals surface area contributed by atoms with Crippen molar-refractivity contribution in [1.29, 1.82) is 0 Å². The maximum atomic E-state index is 5.12. The third-order valence-corrected chi connectivity index (χ3v) is 12.4. The maximum absolute atomic E-state index is 5.12. The molecule has 1 aliphatic heterocycles. The van der Waals surface area contributed by atoms with E-state index in [1.54, 1.807) is 0 Å². The highest BCUT2D eigenvalue weighted by atomic mass is 15.4. The Balaban J connectivity index is 1.15. The van der Waals surface area contributed by atoms with E-state index in [0.29, 0.717) is 18.5 Å². The number of hydrogen-bond donors (Lipinski definition) is 0. The molecule has 0 N–H and O–H groups in total. The second-order valence-corrected chi connectivity index (χ2v) is 17.0. The van der Waals surface area contributed by atoms with E-state index >= 15 is 0 Å². The van der Waals surface area contributed by atoms with Crippen molar-refractivity contribution in [2.45, 2.75) is 53.4 Å². The van der Waals surface area contributed by atoms with E-state index in [9.17, 15) is 0 Å². The van der Waals surface area contributed by atoms with Crippen molar-refractivity contribution in [1.82, 2.24) is 9.55 Å². The van der Waals surface area contributed by atoms with Crippen molar-refractivity contribution in [3.8, 4) is 16.9 Å². The molecule has 61 heavy (non-hydrogen) atoms. The van der Waals surface area contributed by atoms with E-state index in [2.05, 4.69) is 231 Å². The first kappa shape index (κ1) is 38.1. The minimum atomic E-state index is 0.388. The number of nitrogens with zero attached hydrogens (tertiary/aromatic N) is 5. The fraction of sp³-hybridized carbons (Fsp3) is 0.161. The van der Waals surface area contributed by atoms with Crippen LogP contribution in [0.25, 0.3) is 38.8 Å². The smallest absolute Gasteiger partial charge is 0.138 e. The van der Waals surface area contributed by atoms with Crippen molar-refractivity contribution in [3.05, 3.63) is 198 Å². The third-order valence-electron chi connectivity index (χ3n) is 12.4. The van der Waals surface area contributed by atoms with Gasteiger partial charge in [-0.1, -0.05) is 125 Å². The fourth-order valence-electron chi connectivity index (χ4n) is 9.55. The molecule has 0 bridgehead atoms. The topological polar surface area (TPSA) is 27.5 Å². The highest BCUT2D eigenvalue weighted by Crippen LogP contribution is 2.47. The Hall–Kier alpha value is -7.11. The molecule has 2 aromatic heterocycles. The summed E-state index contributed by atoms with van der Waals surface area (Å²) in [4.78, 5) is 12.4. The first-order valence-corrected chi connectivity index (χ1v) is 21.5. The minimum absolute atomic E-state index is 0.388. The van der Waals surface area contributed by atoms with Gasteiger partial charge in [0.15, 0.2) is 0 Å². The lowest BCUT2D eigenvalue weighted by atomic mass is 9.85. The van der Waals surface area contributed by atoms with Gasteiger partial charge in [-0.05, 0) is 132 Å². The lowest BCUT2D eigenvalue weighted by Crippen LogP contribution is -2.24. The van der Waals surface area contributed by atoms with Gasteiger partial charge in [0.05, 0.1) is 28.1 Å². The van der Waals surface area contributed by atoms with Crippen molar-refractivity contribution in [3.63, 3.8) is 0 Å². The number of aryl methyl sites for hydroxylation is 2. The molecule has 1 aliphatic rings. The van der Waals surface area contributed by atoms with Crippen LogP contribution in [0.4, 0.5) is 39.8 Å². The SMILES string of the molecule is Cc1cccc(C)c1N(c1cccc(N2CN(c3ccccc3)c3ccccc32)c1)c1ccc2c3ccccc3n(-c3cc(-c4c(C(C)C)cccc4C(C)C)ccn3)c2c1. The first-order chi connectivity index (χ1) is 29.8. The summed E-state index contributed by atoms with van der Waals surface area (Å²) in [6.45, 7) is 14.3. The van der Waals surface area contributed by atoms with Crippen LogP contribution in [0.1, 0.15) is 61.8 Å². The van der Waals surface area contributed by atoms with Gasteiger partial charge in [0.1, 0.15) is 12.5 Å². The average Bonchev–Trinajstić information content (AvgIpc) is 3.84. The Bertz CT molecular complexity index is 3020. The molecule has 0 aliphatic carbocycles. The molecular formula is C56H51N5. The highest BCUT2D eigenvalue weighted by Gasteiger charge is 2.29. The summed E-state index contributed by atoms with van der Waals surface area (Å²) in [6, 6.07) is 62.0. The first-order valence-electron chi connectivity index (χ1n) is 21.5. The van der Waals surface area contributed by atoms with Crippen molar-refractivity contribution >= 4 is 61.6 Å². The highest BCUT2D eigenvalue weighted by molar-refractivity contribution is 6.10. The predicted octanol–water partition coefficient (Wildman–Crippen LogP) is 15.4. The molecule has 0 fully saturated rings. The van der Waals surface area contributed by atoms with Crippen LogP contribution in [0, 0.1) is 13.8 Å². The number of benzene rings is 7. The summed E-state index contributed by atoms with van der Waals surface area (Å²) in [6.07, 6.45) is 1.99. The summed E-state index contributed by atoms with van der Waals surface area (Å²) in [5.41, 5.74) is 18.0. The molecule has 5 nitrogen and oxygen atoms in total. The molecule has 0 unspecified atom stereocenters. The molecule has 7 aromatic carbocycles. The Morgan fingerprint density at radius 3 is 1.82 bits per heavy atom. The molecule has 10 rings (SSSR count). The molecule has 0 amide bonds. The summed E-state index contributed by atoms with van der Waals surface area (Å²) in [7, 11) is 0. The molecule has 0 saturated carbocycles. The van der Waals surface area contributed by atoms with Crippen LogP contribution in [0.5, 0.6) is 0 Å². The van der Waals surface area contributed by atoms with Gasteiger partial charge in [-0.3, -0.25) is 4.57 Å². The summed E-state index contributed by atoms with van der Waals surface area (Å²) >= 11 is 0. The molecule has 0 spiro atoms. The summed E-state index contributed by atoms with van der Waals surface area (Å²) < 4.78 is 2.36. The van der Waals surface area contributed by atoms with Gasteiger partial charge in [0, 0.05) is 39.7 Å². The molecule has 0 saturated heterocycles. The number of pyridine rings is 1. The van der Waals surface area contributed by atoms with Crippen LogP contribution < -0.4 is 14.7 Å². The molecular weight excluding hydrogens is 743 g/mol. The van der Waals surface area contributed by atoms with Gasteiger partial charge >= 0.3 is 0 Å². The van der Waals surface area contributed by atoms with E-state index in [-0.39, 0.29) is 0 Å². The minimum Gasteiger partial charge on any atom is -0.321 e. The van der Waals surface area contributed by atoms with Crippen molar-refractivity contribution < 1.29 is 0 Å². The molecule has 3 heterocycles. The van der Waals surface area contributed by atoms with Gasteiger partial charge in [-0.25, -0.2) is 4.98 Å². The Kier molecular flexibility index (Phi) is 9.68. The standard InChI is InChI=1S/C56H51N5/c1-37(2)46-24-16-25-47(38(3)4)55(46)41-31-32-57-54(33-41)61-50-26-11-10-23-48(50)49-30-29-45(35-53(49)61)60(56-39(5)17-14-18-40(56)6)44-22-15-21-43(34-44)59-36-58(42-19-8-7-9-20-42)51-27-12-13-28-52(51)59/h7-35,37-38H,36H2,1-6H3. The lowest BCUT2D eigenvalue weighted by Gasteiger charge is -2.30. The summed E-state index contributed by atoms with van der Waals surface area (Å²) in [5, 5.41) is 2.40. The molecule has 300 valence electrons. The number of aromatic nitrogens is 2. The Labute approximate surface area is 359 Å². The quantitative estimate of drug-likeness (QED) is 0.145. The molecule has 0 atom stereocenters. The zero-order chi connectivity index (χ0) is 41.8. The second-order valence-electron chi connectivity index (χ2n) is 17.0. The molecule has 0 radical (unpaired) electrons. The van der Waals surface area contributed by atoms with Crippen LogP contribution in [0.2, 0.25) is 0 Å². The predicted molar refractivity (Wildman–Crippen MR) is 258 cm³/mol. The monoisotopic (exact) mass is 793 g/mol. The van der Waals surface area contributed by atoms with Gasteiger partial charge < -0.3 is 14.7 Å². The van der Waals surface area contributed by atoms with Gasteiger partial charge in [-0.15, -0.1) is 0 Å². The molecule has 9 aromatic rings. The van der Waals surface area contributed by atoms with Crippen molar-refractivity contribution in [2.75, 3.05) is 21.4 Å². The fourth-order valence-corrected chi connectivity index (χ4v) is 9.55. The van der Waals surface area contributed by atoms with Crippen LogP contribution >= 0.6 is 0 Å². The van der Waals surface area contributed by atoms with Crippen LogP contribution in [0.15, 0.2) is 176 Å². The van der Waals surface area contributed by atoms with E-state index in [1.165, 1.54) is 66.9 Å². The van der Waals surface area contributed by atoms with Gasteiger partial charge in [0.2, 0.25) is 0 Å². The number of fused-ring (bicyclic) bond motifs is 4. The zero-order valence-electron chi connectivity index (χ0n) is 35.8. The number of rotatable bonds is 9. The number of anilines is 7. The van der Waals surface area contributed by atoms with E-state index in [1.807, 2.05) is 6.20 Å². The van der Waals surface area contributed by atoms with E-state index in [0.717, 1.165) is 33.9 Å². The van der Waals surface area contributed by atoms with E-state index < -0.39 is 0 Å². The van der Waals surface area contributed by atoms with Crippen LogP contribution in [-0.4, -0.2) is 16.2 Å². The van der Waals surface area contributed by atoms with E-state index in [4.69, 9.17) is 4.98 Å². The Morgan fingerprint density at radius 2 is 1.10 bits per heavy atom. The zero-order valence-corrected chi connectivity index (χ0v) is 35.8. The van der Waals surface area contributed by atoms with Gasteiger partial charge in [-0.2, -0.15) is 0 Å². The van der Waals surface area contributed by atoms with Crippen LogP contribution in [0.3, 0.4) is 0 Å². The van der Waals surface area contributed by atoms with Crippen LogP contribution in [-0.2, 0) is 0 Å². The molecule has 5 heteroatoms. The van der Waals surface area contributed by atoms with Gasteiger partial charge in [0.25, 0.3) is 0 Å². The Morgan fingerprint density at radius 1 is 0.508 bits per heavy atom. The summed E-state index contributed by atoms with van der Waals surface area (Å²) in [5.74, 6) is 1.68. The maximum Gasteiger partial charge on any atom is 0.138 e.